The molecule has 0 unspecified atom stereocenters. The summed E-state index contributed by atoms with van der Waals surface area (Å²) >= 11 is 1.23. The van der Waals surface area contributed by atoms with Crippen LogP contribution in [0.1, 0.15) is 34.2 Å². The van der Waals surface area contributed by atoms with Crippen LogP contribution in [0.3, 0.4) is 0 Å². The molecule has 0 fully saturated rings. The average molecular weight is 492 g/mol. The van der Waals surface area contributed by atoms with Crippen LogP contribution in [0.25, 0.3) is 11.5 Å². The number of para-hydroxylation sites is 1. The molecule has 0 amide bonds. The summed E-state index contributed by atoms with van der Waals surface area (Å²) in [4.78, 5) is 13.0. The molecule has 0 aliphatic carbocycles. The van der Waals surface area contributed by atoms with E-state index in [0.29, 0.717) is 35.6 Å². The maximum atomic E-state index is 13.0. The van der Waals surface area contributed by atoms with Crippen LogP contribution in [0.5, 0.6) is 17.2 Å². The van der Waals surface area contributed by atoms with Gasteiger partial charge in [0.25, 0.3) is 11.1 Å². The van der Waals surface area contributed by atoms with Gasteiger partial charge in [-0.05, 0) is 56.7 Å². The Balaban J connectivity index is 1.27. The Morgan fingerprint density at radius 2 is 1.91 bits per heavy atom. The van der Waals surface area contributed by atoms with Gasteiger partial charge in [0, 0.05) is 23.5 Å². The number of carbonyl (C=O) groups is 1. The zero-order chi connectivity index (χ0) is 24.4. The van der Waals surface area contributed by atoms with Crippen molar-refractivity contribution in [1.82, 2.24) is 14.8 Å². The highest BCUT2D eigenvalue weighted by Crippen LogP contribution is 2.34. The first kappa shape index (κ1) is 23.0. The van der Waals surface area contributed by atoms with Crippen LogP contribution >= 0.6 is 11.8 Å². The molecule has 9 heteroatoms. The molecule has 35 heavy (non-hydrogen) atoms. The molecule has 4 aromatic rings. The summed E-state index contributed by atoms with van der Waals surface area (Å²) in [6.07, 6.45) is 0. The first-order valence-electron chi connectivity index (χ1n) is 11.3. The molecule has 5 rings (SSSR count). The van der Waals surface area contributed by atoms with Gasteiger partial charge < -0.3 is 23.2 Å². The highest BCUT2D eigenvalue weighted by molar-refractivity contribution is 7.99. The van der Waals surface area contributed by atoms with Crippen molar-refractivity contribution >= 4 is 17.5 Å². The summed E-state index contributed by atoms with van der Waals surface area (Å²) in [5, 5.41) is 8.58. The van der Waals surface area contributed by atoms with E-state index in [9.17, 15) is 4.79 Å². The molecule has 0 N–H and O–H groups in total. The summed E-state index contributed by atoms with van der Waals surface area (Å²) < 4.78 is 24.5. The first-order chi connectivity index (χ1) is 17.0. The van der Waals surface area contributed by atoms with Gasteiger partial charge in [-0.2, -0.15) is 0 Å². The molecule has 2 aromatic carbocycles. The maximum Gasteiger partial charge on any atom is 0.277 e. The van der Waals surface area contributed by atoms with E-state index in [4.69, 9.17) is 18.6 Å². The van der Waals surface area contributed by atoms with Gasteiger partial charge >= 0.3 is 0 Å². The van der Waals surface area contributed by atoms with E-state index in [2.05, 4.69) is 14.8 Å². The predicted molar refractivity (Wildman–Crippen MR) is 132 cm³/mol. The van der Waals surface area contributed by atoms with Crippen molar-refractivity contribution in [3.05, 3.63) is 71.0 Å². The first-order valence-corrected chi connectivity index (χ1v) is 12.3. The molecule has 3 heterocycles. The fraction of sp³-hybridized carbons (Fsp3) is 0.269. The Hall–Kier alpha value is -3.72. The molecular weight excluding hydrogens is 466 g/mol. The maximum absolute atomic E-state index is 13.0. The lowest BCUT2D eigenvalue weighted by Crippen LogP contribution is -2.07. The number of ketones is 1. The van der Waals surface area contributed by atoms with Crippen molar-refractivity contribution in [2.45, 2.75) is 32.5 Å². The third-order valence-corrected chi connectivity index (χ3v) is 6.62. The molecule has 1 aliphatic rings. The highest BCUT2D eigenvalue weighted by Gasteiger charge is 2.20. The Morgan fingerprint density at radius 1 is 1.09 bits per heavy atom. The number of Topliss-reactive ketones (excluding diaryl/α,β-unsaturated/α-hetero) is 1. The lowest BCUT2D eigenvalue weighted by molar-refractivity contribution is 0.102. The summed E-state index contributed by atoms with van der Waals surface area (Å²) in [7, 11) is 0. The van der Waals surface area contributed by atoms with Crippen LogP contribution in [-0.4, -0.2) is 39.7 Å². The minimum absolute atomic E-state index is 0.00880. The number of aromatic nitrogens is 3. The fourth-order valence-corrected chi connectivity index (χ4v) is 4.70. The third-order valence-electron chi connectivity index (χ3n) is 5.80. The number of nitrogens with zero attached hydrogens (tertiary/aromatic N) is 3. The summed E-state index contributed by atoms with van der Waals surface area (Å²) in [6, 6.07) is 15.4. The van der Waals surface area contributed by atoms with Crippen molar-refractivity contribution in [1.29, 1.82) is 0 Å². The molecule has 0 saturated heterocycles. The number of thioether (sulfide) groups is 1. The van der Waals surface area contributed by atoms with Crippen molar-refractivity contribution in [3.8, 4) is 28.7 Å². The summed E-state index contributed by atoms with van der Waals surface area (Å²) in [5.41, 5.74) is 4.43. The molecule has 0 radical (unpaired) electrons. The van der Waals surface area contributed by atoms with Gasteiger partial charge in [-0.25, -0.2) is 0 Å². The standard InChI is InChI=1S/C26H25N3O5S/c1-4-31-22-8-6-5-7-19(22)25-27-28-26(34-25)35-14-21(30)20-11-16(2)29(17(20)3)13-18-9-10-23-24(12-18)33-15-32-23/h5-12H,4,13-15H2,1-3H3. The second kappa shape index (κ2) is 9.87. The Kier molecular flexibility index (Phi) is 6.50. The number of hydrogen-bond acceptors (Lipinski definition) is 8. The monoisotopic (exact) mass is 491 g/mol. The lowest BCUT2D eigenvalue weighted by atomic mass is 10.1. The SMILES string of the molecule is CCOc1ccccc1-c1nnc(SCC(=O)c2cc(C)n(Cc3ccc4c(c3)OCO4)c2C)o1. The molecule has 1 aliphatic heterocycles. The Bertz CT molecular complexity index is 1380. The smallest absolute Gasteiger partial charge is 0.277 e. The quantitative estimate of drug-likeness (QED) is 0.230. The number of carbonyl (C=O) groups excluding carboxylic acids is 1. The van der Waals surface area contributed by atoms with Gasteiger partial charge in [-0.15, -0.1) is 10.2 Å². The lowest BCUT2D eigenvalue weighted by Gasteiger charge is -2.10. The van der Waals surface area contributed by atoms with E-state index in [-0.39, 0.29) is 18.3 Å². The van der Waals surface area contributed by atoms with Crippen molar-refractivity contribution < 1.29 is 23.4 Å². The van der Waals surface area contributed by atoms with Gasteiger partial charge in [0.15, 0.2) is 17.3 Å². The van der Waals surface area contributed by atoms with E-state index in [0.717, 1.165) is 34.0 Å². The van der Waals surface area contributed by atoms with Gasteiger partial charge in [0.05, 0.1) is 17.9 Å². The molecule has 0 bridgehead atoms. The number of rotatable bonds is 9. The molecule has 0 atom stereocenters. The number of ether oxygens (including phenoxy) is 3. The van der Waals surface area contributed by atoms with Gasteiger partial charge in [-0.3, -0.25) is 4.79 Å². The van der Waals surface area contributed by atoms with E-state index in [1.165, 1.54) is 11.8 Å². The second-order valence-electron chi connectivity index (χ2n) is 8.07. The van der Waals surface area contributed by atoms with Crippen molar-refractivity contribution in [3.63, 3.8) is 0 Å². The van der Waals surface area contributed by atoms with Crippen LogP contribution < -0.4 is 14.2 Å². The van der Waals surface area contributed by atoms with Gasteiger partial charge in [-0.1, -0.05) is 30.0 Å². The van der Waals surface area contributed by atoms with E-state index < -0.39 is 0 Å². The van der Waals surface area contributed by atoms with Crippen molar-refractivity contribution in [2.75, 3.05) is 19.2 Å². The molecule has 0 spiro atoms. The Labute approximate surface area is 207 Å². The summed E-state index contributed by atoms with van der Waals surface area (Å²) in [5.74, 6) is 2.76. The highest BCUT2D eigenvalue weighted by atomic mass is 32.2. The zero-order valence-electron chi connectivity index (χ0n) is 19.7. The average Bonchev–Trinajstić information content (AvgIpc) is 3.59. The molecule has 0 saturated carbocycles. The van der Waals surface area contributed by atoms with Crippen LogP contribution in [0.15, 0.2) is 58.2 Å². The van der Waals surface area contributed by atoms with Crippen LogP contribution in [0.2, 0.25) is 0 Å². The molecule has 2 aromatic heterocycles. The van der Waals surface area contributed by atoms with Crippen LogP contribution in [0, 0.1) is 13.8 Å². The van der Waals surface area contributed by atoms with E-state index >= 15 is 0 Å². The summed E-state index contributed by atoms with van der Waals surface area (Å²) in [6.45, 7) is 7.31. The number of benzene rings is 2. The largest absolute Gasteiger partial charge is 0.493 e. The number of aryl methyl sites for hydroxylation is 1. The second-order valence-corrected chi connectivity index (χ2v) is 9.00. The predicted octanol–water partition coefficient (Wildman–Crippen LogP) is 5.31. The fourth-order valence-electron chi connectivity index (χ4n) is 4.06. The van der Waals surface area contributed by atoms with Crippen LogP contribution in [0.4, 0.5) is 0 Å². The molecule has 180 valence electrons. The topological polar surface area (TPSA) is 88.6 Å². The van der Waals surface area contributed by atoms with Crippen molar-refractivity contribution in [2.24, 2.45) is 0 Å². The Morgan fingerprint density at radius 3 is 2.77 bits per heavy atom. The van der Waals surface area contributed by atoms with Gasteiger partial charge in [0.2, 0.25) is 6.79 Å². The zero-order valence-corrected chi connectivity index (χ0v) is 20.6. The number of hydrogen-bond donors (Lipinski definition) is 0. The van der Waals surface area contributed by atoms with E-state index in [1.807, 2.05) is 69.3 Å². The number of fused-ring (bicyclic) bond motifs is 1. The van der Waals surface area contributed by atoms with Crippen LogP contribution in [-0.2, 0) is 6.54 Å². The van der Waals surface area contributed by atoms with Gasteiger partial charge in [0.1, 0.15) is 5.75 Å². The minimum atomic E-state index is 0.00880. The molecule has 8 nitrogen and oxygen atoms in total. The molecular formula is C26H25N3O5S. The third kappa shape index (κ3) is 4.77. The normalized spacial score (nSPS) is 12.2. The minimum Gasteiger partial charge on any atom is -0.493 e. The van der Waals surface area contributed by atoms with E-state index in [1.54, 1.807) is 0 Å².